The minimum absolute atomic E-state index is 0.203. The molecule has 0 fully saturated rings. The number of fused-ring (bicyclic) bond motifs is 1. The van der Waals surface area contributed by atoms with Gasteiger partial charge in [0.05, 0.1) is 5.69 Å². The van der Waals surface area contributed by atoms with Crippen LogP contribution in [0.4, 0.5) is 5.69 Å². The fraction of sp³-hybridized carbons (Fsp3) is 0.333. The zero-order valence-electron chi connectivity index (χ0n) is 14.5. The normalized spacial score (nSPS) is 18.4. The number of rotatable bonds is 6. The number of hydrogen-bond acceptors (Lipinski definition) is 4. The molecular formula is C18H22Cl2N3OPS. The molecule has 140 valence electrons. The van der Waals surface area contributed by atoms with Crippen LogP contribution in [0, 0.1) is 0 Å². The van der Waals surface area contributed by atoms with Gasteiger partial charge in [0, 0.05) is 35.6 Å². The van der Waals surface area contributed by atoms with Crippen LogP contribution in [0.15, 0.2) is 36.4 Å². The van der Waals surface area contributed by atoms with Gasteiger partial charge in [0.15, 0.2) is 11.5 Å². The molecule has 0 saturated heterocycles. The van der Waals surface area contributed by atoms with Gasteiger partial charge < -0.3 is 9.45 Å². The van der Waals surface area contributed by atoms with Gasteiger partial charge in [-0.2, -0.15) is 4.72 Å². The Morgan fingerprint density at radius 1 is 1.27 bits per heavy atom. The average molecular weight is 430 g/mol. The number of halogens is 2. The van der Waals surface area contributed by atoms with Crippen LogP contribution in [0.3, 0.4) is 0 Å². The summed E-state index contributed by atoms with van der Waals surface area (Å²) >= 11 is 11.4. The Bertz CT molecular complexity index is 763. The average Bonchev–Trinajstić information content (AvgIpc) is 2.61. The molecule has 0 aromatic heterocycles. The van der Waals surface area contributed by atoms with Crippen molar-refractivity contribution < 1.29 is 4.55 Å². The first-order valence-corrected chi connectivity index (χ1v) is 11.1. The molecule has 2 aromatic carbocycles. The molecule has 3 rings (SSSR count). The molecule has 1 aliphatic rings. The number of hydrogen-bond donors (Lipinski definition) is 2. The van der Waals surface area contributed by atoms with E-state index in [-0.39, 0.29) is 5.92 Å². The largest absolute Gasteiger partial charge is 0.574 e. The Labute approximate surface area is 170 Å². The smallest absolute Gasteiger partial charge is 0.163 e. The molecule has 1 aliphatic heterocycles. The zero-order valence-corrected chi connectivity index (χ0v) is 17.9. The van der Waals surface area contributed by atoms with E-state index in [0.29, 0.717) is 11.6 Å². The van der Waals surface area contributed by atoms with E-state index in [2.05, 4.69) is 42.8 Å². The lowest BCUT2D eigenvalue weighted by Crippen LogP contribution is -2.32. The third-order valence-corrected chi connectivity index (χ3v) is 6.13. The number of likely N-dealkylation sites (N-methyl/N-ethyl adjacent to an activating group) is 1. The van der Waals surface area contributed by atoms with Gasteiger partial charge in [0.1, 0.15) is 0 Å². The minimum Gasteiger partial charge on any atom is -0.574 e. The van der Waals surface area contributed by atoms with E-state index in [4.69, 9.17) is 23.2 Å². The van der Waals surface area contributed by atoms with Gasteiger partial charge in [-0.05, 0) is 54.2 Å². The first kappa shape index (κ1) is 20.2. The number of nitrogens with zero attached hydrogens (tertiary/aromatic N) is 1. The van der Waals surface area contributed by atoms with Crippen LogP contribution in [0.1, 0.15) is 22.6 Å². The van der Waals surface area contributed by atoms with Crippen molar-refractivity contribution in [2.75, 3.05) is 31.0 Å². The SMILES string of the molecule is CN1Cc2c(Cl)cc(Cl)cc2C(c2ccc(N[S+]([O-])NCCP)cc2)C1. The first-order chi connectivity index (χ1) is 12.5. The fourth-order valence-corrected chi connectivity index (χ4v) is 4.86. The molecule has 4 nitrogen and oxygen atoms in total. The van der Waals surface area contributed by atoms with Crippen molar-refractivity contribution in [1.82, 2.24) is 9.62 Å². The predicted octanol–water partition coefficient (Wildman–Crippen LogP) is 4.03. The summed E-state index contributed by atoms with van der Waals surface area (Å²) in [7, 11) is 4.69. The molecule has 0 radical (unpaired) electrons. The van der Waals surface area contributed by atoms with Crippen LogP contribution in [-0.4, -0.2) is 35.8 Å². The van der Waals surface area contributed by atoms with E-state index < -0.39 is 11.5 Å². The topological polar surface area (TPSA) is 50.4 Å². The second kappa shape index (κ2) is 9.11. The first-order valence-electron chi connectivity index (χ1n) is 8.36. The molecule has 26 heavy (non-hydrogen) atoms. The summed E-state index contributed by atoms with van der Waals surface area (Å²) in [5.41, 5.74) is 4.33. The van der Waals surface area contributed by atoms with Gasteiger partial charge in [-0.3, -0.25) is 0 Å². The van der Waals surface area contributed by atoms with Crippen LogP contribution < -0.4 is 9.44 Å². The predicted molar refractivity (Wildman–Crippen MR) is 115 cm³/mol. The zero-order chi connectivity index (χ0) is 18.7. The third kappa shape index (κ3) is 4.85. The monoisotopic (exact) mass is 429 g/mol. The lowest BCUT2D eigenvalue weighted by molar-refractivity contribution is 0.295. The molecule has 0 aliphatic carbocycles. The van der Waals surface area contributed by atoms with Gasteiger partial charge >= 0.3 is 0 Å². The molecule has 0 saturated carbocycles. The summed E-state index contributed by atoms with van der Waals surface area (Å²) in [5, 5.41) is 1.38. The Kier molecular flexibility index (Phi) is 7.09. The van der Waals surface area contributed by atoms with Crippen molar-refractivity contribution in [2.24, 2.45) is 0 Å². The fourth-order valence-electron chi connectivity index (χ4n) is 3.21. The molecule has 0 bridgehead atoms. The summed E-state index contributed by atoms with van der Waals surface area (Å²) in [6.07, 6.45) is 0.853. The van der Waals surface area contributed by atoms with Crippen molar-refractivity contribution >= 4 is 49.7 Å². The second-order valence-corrected chi connectivity index (χ2v) is 8.83. The lowest BCUT2D eigenvalue weighted by atomic mass is 9.85. The molecule has 8 heteroatoms. The molecule has 2 aromatic rings. The summed E-state index contributed by atoms with van der Waals surface area (Å²) in [5.74, 6) is 0.203. The van der Waals surface area contributed by atoms with Crippen LogP contribution >= 0.6 is 32.4 Å². The molecule has 3 atom stereocenters. The van der Waals surface area contributed by atoms with E-state index in [1.54, 1.807) is 0 Å². The van der Waals surface area contributed by atoms with E-state index in [9.17, 15) is 4.55 Å². The Hall–Kier alpha value is -0.520. The van der Waals surface area contributed by atoms with Crippen molar-refractivity contribution in [3.05, 3.63) is 63.1 Å². The molecule has 0 spiro atoms. The Balaban J connectivity index is 1.82. The number of anilines is 1. The Morgan fingerprint density at radius 3 is 2.69 bits per heavy atom. The lowest BCUT2D eigenvalue weighted by Gasteiger charge is -2.33. The maximum Gasteiger partial charge on any atom is 0.163 e. The maximum absolute atomic E-state index is 11.9. The quantitative estimate of drug-likeness (QED) is 0.537. The van der Waals surface area contributed by atoms with Gasteiger partial charge in [-0.25, -0.2) is 0 Å². The molecular weight excluding hydrogens is 408 g/mol. The van der Waals surface area contributed by atoms with E-state index >= 15 is 0 Å². The highest BCUT2D eigenvalue weighted by molar-refractivity contribution is 7.90. The van der Waals surface area contributed by atoms with Crippen molar-refractivity contribution in [1.29, 1.82) is 0 Å². The van der Waals surface area contributed by atoms with Gasteiger partial charge in [-0.15, -0.1) is 14.0 Å². The highest BCUT2D eigenvalue weighted by Crippen LogP contribution is 2.38. The van der Waals surface area contributed by atoms with Crippen molar-refractivity contribution in [3.8, 4) is 0 Å². The third-order valence-electron chi connectivity index (χ3n) is 4.39. The molecule has 2 N–H and O–H groups in total. The molecule has 1 heterocycles. The van der Waals surface area contributed by atoms with Gasteiger partial charge in [-0.1, -0.05) is 35.3 Å². The van der Waals surface area contributed by atoms with Gasteiger partial charge in [0.25, 0.3) is 0 Å². The van der Waals surface area contributed by atoms with E-state index in [1.807, 2.05) is 24.3 Å². The second-order valence-electron chi connectivity index (χ2n) is 6.38. The number of nitrogens with one attached hydrogen (secondary N) is 2. The minimum atomic E-state index is -1.29. The van der Waals surface area contributed by atoms with Crippen LogP contribution in [0.5, 0.6) is 0 Å². The highest BCUT2D eigenvalue weighted by atomic mass is 35.5. The maximum atomic E-state index is 11.9. The Morgan fingerprint density at radius 2 is 2.00 bits per heavy atom. The van der Waals surface area contributed by atoms with Crippen molar-refractivity contribution in [2.45, 2.75) is 12.5 Å². The van der Waals surface area contributed by atoms with Gasteiger partial charge in [0.2, 0.25) is 0 Å². The summed E-state index contributed by atoms with van der Waals surface area (Å²) in [4.78, 5) is 2.26. The summed E-state index contributed by atoms with van der Waals surface area (Å²) in [6, 6.07) is 11.9. The standard InChI is InChI=1S/C18H22Cl2N3OPS/c1-23-10-16(15-8-13(19)9-18(20)17(15)11-23)12-2-4-14(5-3-12)22-26(24)21-6-7-25/h2-5,8-9,16,21-22H,6-7,10-11,25H2,1H3. The van der Waals surface area contributed by atoms with Crippen LogP contribution in [0.25, 0.3) is 0 Å². The van der Waals surface area contributed by atoms with E-state index in [1.165, 1.54) is 11.1 Å². The van der Waals surface area contributed by atoms with Crippen LogP contribution in [-0.2, 0) is 18.1 Å². The van der Waals surface area contributed by atoms with Crippen LogP contribution in [0.2, 0.25) is 10.0 Å². The van der Waals surface area contributed by atoms with Crippen molar-refractivity contribution in [3.63, 3.8) is 0 Å². The summed E-state index contributed by atoms with van der Waals surface area (Å²) in [6.45, 7) is 2.40. The highest BCUT2D eigenvalue weighted by Gasteiger charge is 2.27. The molecule has 0 amide bonds. The number of benzene rings is 2. The molecule has 3 unspecified atom stereocenters. The summed E-state index contributed by atoms with van der Waals surface area (Å²) < 4.78 is 17.7. The van der Waals surface area contributed by atoms with E-state index in [0.717, 1.165) is 35.5 Å².